The molecular formula is C29H40N6O4. The molecule has 4 saturated heterocycles. The molecule has 5 heterocycles. The first-order chi connectivity index (χ1) is 18.6. The Morgan fingerprint density at radius 3 is 2.49 bits per heavy atom. The molecule has 1 N–H and O–H groups in total. The van der Waals surface area contributed by atoms with E-state index in [2.05, 4.69) is 27.2 Å². The number of para-hydroxylation sites is 1. The Morgan fingerprint density at radius 2 is 1.82 bits per heavy atom. The molecule has 3 atom stereocenters. The number of ether oxygens (including phenoxy) is 1. The maximum Gasteiger partial charge on any atom is 0.410 e. The number of fused-ring (bicyclic) bond motifs is 3. The smallest absolute Gasteiger partial charge is 0.410 e. The number of anilines is 1. The number of piperazine rings is 1. The van der Waals surface area contributed by atoms with Gasteiger partial charge in [0.25, 0.3) is 0 Å². The third kappa shape index (κ3) is 4.99. The van der Waals surface area contributed by atoms with Gasteiger partial charge in [-0.1, -0.05) is 12.1 Å². The van der Waals surface area contributed by atoms with Crippen LogP contribution in [0.5, 0.6) is 0 Å². The van der Waals surface area contributed by atoms with Gasteiger partial charge in [0.15, 0.2) is 0 Å². The fraction of sp³-hybridized carbons (Fsp3) is 0.655. The van der Waals surface area contributed by atoms with Crippen molar-refractivity contribution in [3.05, 3.63) is 23.9 Å². The summed E-state index contributed by atoms with van der Waals surface area (Å²) in [5, 5.41) is 8.23. The van der Waals surface area contributed by atoms with E-state index in [4.69, 9.17) is 9.84 Å². The second kappa shape index (κ2) is 9.80. The molecule has 3 unspecified atom stereocenters. The number of carbonyl (C=O) groups excluding carboxylic acids is 3. The van der Waals surface area contributed by atoms with Crippen LogP contribution in [0.1, 0.15) is 64.5 Å². The third-order valence-corrected chi connectivity index (χ3v) is 8.86. The quantitative estimate of drug-likeness (QED) is 0.600. The zero-order valence-corrected chi connectivity index (χ0v) is 23.5. The van der Waals surface area contributed by atoms with Crippen LogP contribution in [-0.4, -0.2) is 87.9 Å². The number of benzene rings is 1. The summed E-state index contributed by atoms with van der Waals surface area (Å²) < 4.78 is 7.49. The summed E-state index contributed by atoms with van der Waals surface area (Å²) >= 11 is 0. The Bertz CT molecular complexity index is 1280. The minimum atomic E-state index is -0.460. The molecule has 0 radical (unpaired) electrons. The van der Waals surface area contributed by atoms with E-state index in [-0.39, 0.29) is 17.9 Å². The molecule has 3 amide bonds. The summed E-state index contributed by atoms with van der Waals surface area (Å²) in [5.74, 6) is -0.205. The highest BCUT2D eigenvalue weighted by atomic mass is 16.6. The van der Waals surface area contributed by atoms with Gasteiger partial charge < -0.3 is 14.5 Å². The first-order valence-corrected chi connectivity index (χ1v) is 14.4. The minimum absolute atomic E-state index is 0.185. The zero-order valence-electron chi connectivity index (χ0n) is 23.5. The number of likely N-dealkylation sites (tertiary alicyclic amines) is 2. The summed E-state index contributed by atoms with van der Waals surface area (Å²) in [6, 6.07) is 7.15. The van der Waals surface area contributed by atoms with E-state index in [1.165, 1.54) is 6.42 Å². The molecule has 4 fully saturated rings. The van der Waals surface area contributed by atoms with Crippen molar-refractivity contribution in [2.45, 2.75) is 76.5 Å². The van der Waals surface area contributed by atoms with E-state index in [9.17, 15) is 14.4 Å². The van der Waals surface area contributed by atoms with E-state index in [1.54, 1.807) is 0 Å². The summed E-state index contributed by atoms with van der Waals surface area (Å²) in [6.07, 6.45) is 4.09. The van der Waals surface area contributed by atoms with E-state index in [0.717, 1.165) is 67.8 Å². The Kier molecular flexibility index (Phi) is 6.56. The van der Waals surface area contributed by atoms with Crippen LogP contribution >= 0.6 is 0 Å². The van der Waals surface area contributed by atoms with Gasteiger partial charge in [-0.3, -0.25) is 24.5 Å². The molecule has 210 valence electrons. The van der Waals surface area contributed by atoms with E-state index < -0.39 is 11.5 Å². The van der Waals surface area contributed by atoms with Crippen LogP contribution in [0.3, 0.4) is 0 Å². The number of hydrogen-bond acceptors (Lipinski definition) is 7. The van der Waals surface area contributed by atoms with Crippen LogP contribution in [0, 0.1) is 5.92 Å². The molecule has 39 heavy (non-hydrogen) atoms. The van der Waals surface area contributed by atoms with Crippen molar-refractivity contribution in [3.8, 4) is 0 Å². The number of hydrogen-bond donors (Lipinski definition) is 1. The second-order valence-corrected chi connectivity index (χ2v) is 12.7. The van der Waals surface area contributed by atoms with Gasteiger partial charge in [-0.05, 0) is 58.4 Å². The largest absolute Gasteiger partial charge is 0.444 e. The van der Waals surface area contributed by atoms with E-state index in [0.29, 0.717) is 30.8 Å². The topological polar surface area (TPSA) is 100 Å². The number of nitrogens with one attached hydrogen (secondary N) is 1. The lowest BCUT2D eigenvalue weighted by atomic mass is 9.84. The molecule has 1 aromatic carbocycles. The van der Waals surface area contributed by atoms with Gasteiger partial charge in [-0.25, -0.2) is 4.79 Å². The number of rotatable bonds is 4. The van der Waals surface area contributed by atoms with Crippen LogP contribution in [0.2, 0.25) is 0 Å². The number of aryl methyl sites for hydroxylation is 1. The summed E-state index contributed by atoms with van der Waals surface area (Å²) in [5.41, 5.74) is 2.51. The Balaban J connectivity index is 1.08. The lowest BCUT2D eigenvalue weighted by Crippen LogP contribution is -2.70. The first kappa shape index (κ1) is 26.1. The van der Waals surface area contributed by atoms with Gasteiger partial charge in [-0.15, -0.1) is 0 Å². The Morgan fingerprint density at radius 1 is 1.10 bits per heavy atom. The molecule has 2 aromatic rings. The van der Waals surface area contributed by atoms with E-state index in [1.807, 2.05) is 43.5 Å². The molecule has 4 aliphatic heterocycles. The summed E-state index contributed by atoms with van der Waals surface area (Å²) in [4.78, 5) is 43.7. The average Bonchev–Trinajstić information content (AvgIpc) is 3.23. The van der Waals surface area contributed by atoms with Crippen LogP contribution < -0.4 is 10.2 Å². The first-order valence-electron chi connectivity index (χ1n) is 14.4. The predicted molar refractivity (Wildman–Crippen MR) is 147 cm³/mol. The normalized spacial score (nSPS) is 26.5. The highest BCUT2D eigenvalue weighted by Gasteiger charge is 2.47. The molecule has 10 nitrogen and oxygen atoms in total. The van der Waals surface area contributed by atoms with Gasteiger partial charge in [0, 0.05) is 63.7 Å². The fourth-order valence-electron chi connectivity index (χ4n) is 6.93. The van der Waals surface area contributed by atoms with Crippen LogP contribution in [-0.2, 0) is 21.4 Å². The average molecular weight is 537 g/mol. The molecule has 2 bridgehead atoms. The highest BCUT2D eigenvalue weighted by Crippen LogP contribution is 2.38. The van der Waals surface area contributed by atoms with Gasteiger partial charge in [-0.2, -0.15) is 5.10 Å². The Labute approximate surface area is 229 Å². The van der Waals surface area contributed by atoms with Crippen molar-refractivity contribution in [2.24, 2.45) is 13.0 Å². The Hall–Kier alpha value is -3.14. The molecule has 6 rings (SSSR count). The number of piperidine rings is 3. The van der Waals surface area contributed by atoms with Crippen molar-refractivity contribution in [1.29, 1.82) is 0 Å². The molecule has 4 aliphatic rings. The molecule has 0 aliphatic carbocycles. The fourth-order valence-corrected chi connectivity index (χ4v) is 6.93. The van der Waals surface area contributed by atoms with Gasteiger partial charge in [0.1, 0.15) is 5.60 Å². The predicted octanol–water partition coefficient (Wildman–Crippen LogP) is 3.00. The number of carbonyl (C=O) groups is 3. The van der Waals surface area contributed by atoms with Crippen LogP contribution in [0.4, 0.5) is 10.5 Å². The van der Waals surface area contributed by atoms with Gasteiger partial charge in [0.2, 0.25) is 11.8 Å². The molecule has 1 aromatic heterocycles. The van der Waals surface area contributed by atoms with Crippen molar-refractivity contribution in [1.82, 2.24) is 24.9 Å². The lowest BCUT2D eigenvalue weighted by Gasteiger charge is -2.57. The third-order valence-electron chi connectivity index (χ3n) is 8.86. The highest BCUT2D eigenvalue weighted by molar-refractivity contribution is 6.03. The lowest BCUT2D eigenvalue weighted by molar-refractivity contribution is -0.134. The van der Waals surface area contributed by atoms with Gasteiger partial charge in [0.05, 0.1) is 22.8 Å². The second-order valence-electron chi connectivity index (χ2n) is 12.7. The van der Waals surface area contributed by atoms with Crippen molar-refractivity contribution in [2.75, 3.05) is 37.6 Å². The number of imide groups is 1. The monoisotopic (exact) mass is 536 g/mol. The van der Waals surface area contributed by atoms with Crippen LogP contribution in [0.15, 0.2) is 18.2 Å². The van der Waals surface area contributed by atoms with Crippen molar-refractivity contribution < 1.29 is 19.1 Å². The SMILES string of the molecule is Cn1nc(C2CCC(=O)NC2=O)c2cccc(N3CCC(CN4C5CC4CN(C(=O)OC(C)(C)C)C5)CC3)c21. The summed E-state index contributed by atoms with van der Waals surface area (Å²) in [7, 11) is 1.94. The molecule has 0 spiro atoms. The molecule has 0 saturated carbocycles. The minimum Gasteiger partial charge on any atom is -0.444 e. The standard InChI is InChI=1S/C29H40N6O4/c1-29(2,3)39-28(38)34-16-19-14-20(17-34)35(19)15-18-10-12-33(13-11-18)23-7-5-6-21-25(31-32(4)26(21)23)22-8-9-24(36)30-27(22)37/h5-7,18-20,22H,8-17H2,1-4H3,(H,30,36,37). The maximum absolute atomic E-state index is 12.6. The maximum atomic E-state index is 12.6. The van der Waals surface area contributed by atoms with Gasteiger partial charge >= 0.3 is 6.09 Å². The zero-order chi connectivity index (χ0) is 27.5. The molecule has 10 heteroatoms. The molecular weight excluding hydrogens is 496 g/mol. The van der Waals surface area contributed by atoms with E-state index >= 15 is 0 Å². The van der Waals surface area contributed by atoms with Crippen molar-refractivity contribution >= 4 is 34.5 Å². The summed E-state index contributed by atoms with van der Waals surface area (Å²) in [6.45, 7) is 10.3. The number of nitrogens with zero attached hydrogens (tertiary/aromatic N) is 5. The number of aromatic nitrogens is 2. The number of amides is 3. The van der Waals surface area contributed by atoms with Crippen LogP contribution in [0.25, 0.3) is 10.9 Å². The van der Waals surface area contributed by atoms with Crippen molar-refractivity contribution in [3.63, 3.8) is 0 Å².